The summed E-state index contributed by atoms with van der Waals surface area (Å²) in [5.74, 6) is 0.526. The van der Waals surface area contributed by atoms with Crippen LogP contribution in [0, 0.1) is 0 Å². The predicted octanol–water partition coefficient (Wildman–Crippen LogP) is 2.97. The lowest BCUT2D eigenvalue weighted by atomic mass is 9.93. The van der Waals surface area contributed by atoms with Gasteiger partial charge in [-0.1, -0.05) is 48.5 Å². The second-order valence-electron chi connectivity index (χ2n) is 7.63. The number of aromatic nitrogens is 1. The molecule has 0 saturated carbocycles. The van der Waals surface area contributed by atoms with Crippen molar-refractivity contribution < 1.29 is 19.7 Å². The van der Waals surface area contributed by atoms with E-state index in [1.54, 1.807) is 13.2 Å². The number of aliphatic hydroxyl groups is 3. The maximum Gasteiger partial charge on any atom is 0.197 e. The summed E-state index contributed by atoms with van der Waals surface area (Å²) >= 11 is 0. The molecule has 0 bridgehead atoms. The van der Waals surface area contributed by atoms with Crippen LogP contribution in [0.4, 0.5) is 0 Å². The highest BCUT2D eigenvalue weighted by Gasteiger charge is 2.22. The van der Waals surface area contributed by atoms with Crippen molar-refractivity contribution in [1.82, 2.24) is 4.98 Å². The van der Waals surface area contributed by atoms with E-state index in [-0.39, 0.29) is 25.6 Å². The highest BCUT2D eigenvalue weighted by Crippen LogP contribution is 2.25. The van der Waals surface area contributed by atoms with Gasteiger partial charge in [-0.15, -0.1) is 12.4 Å². The van der Waals surface area contributed by atoms with Gasteiger partial charge in [0.25, 0.3) is 0 Å². The van der Waals surface area contributed by atoms with E-state index in [0.717, 1.165) is 27.9 Å². The molecule has 1 aromatic heterocycles. The molecule has 30 heavy (non-hydrogen) atoms. The summed E-state index contributed by atoms with van der Waals surface area (Å²) in [5.41, 5.74) is 9.99. The minimum absolute atomic E-state index is 0. The molecular formula is C23H29ClN2O4. The molecule has 0 aliphatic rings. The normalized spacial score (nSPS) is 12.4. The van der Waals surface area contributed by atoms with Gasteiger partial charge in [0.15, 0.2) is 5.89 Å². The molecule has 1 unspecified atom stereocenters. The predicted molar refractivity (Wildman–Crippen MR) is 119 cm³/mol. The molecule has 0 saturated heterocycles. The fourth-order valence-corrected chi connectivity index (χ4v) is 3.09. The Kier molecular flexibility index (Phi) is 8.58. The molecule has 162 valence electrons. The summed E-state index contributed by atoms with van der Waals surface area (Å²) in [6, 6.07) is 16.3. The summed E-state index contributed by atoms with van der Waals surface area (Å²) in [5, 5.41) is 28.0. The van der Waals surface area contributed by atoms with Gasteiger partial charge in [-0.2, -0.15) is 0 Å². The van der Waals surface area contributed by atoms with Crippen LogP contribution in [0.15, 0.2) is 59.2 Å². The van der Waals surface area contributed by atoms with Crippen LogP contribution in [0.25, 0.3) is 22.4 Å². The monoisotopic (exact) mass is 432 g/mol. The lowest BCUT2D eigenvalue weighted by Gasteiger charge is -2.24. The second kappa shape index (κ2) is 10.7. The molecule has 1 heterocycles. The number of aliphatic hydroxyl groups excluding tert-OH is 3. The Balaban J connectivity index is 0.00000320. The third-order valence-corrected chi connectivity index (χ3v) is 5.03. The van der Waals surface area contributed by atoms with E-state index in [4.69, 9.17) is 10.2 Å². The number of rotatable bonds is 9. The fourth-order valence-electron chi connectivity index (χ4n) is 3.09. The molecular weight excluding hydrogens is 404 g/mol. The molecule has 0 radical (unpaired) electrons. The third kappa shape index (κ3) is 6.14. The molecule has 3 aromatic rings. The van der Waals surface area contributed by atoms with Gasteiger partial charge in [-0.25, -0.2) is 4.98 Å². The number of benzene rings is 2. The third-order valence-electron chi connectivity index (χ3n) is 5.03. The van der Waals surface area contributed by atoms with Crippen molar-refractivity contribution in [3.05, 3.63) is 66.2 Å². The Bertz CT molecular complexity index is 904. The van der Waals surface area contributed by atoms with Gasteiger partial charge in [-0.3, -0.25) is 0 Å². The van der Waals surface area contributed by atoms with E-state index in [2.05, 4.69) is 17.1 Å². The molecule has 7 heteroatoms. The van der Waals surface area contributed by atoms with Crippen LogP contribution in [0.2, 0.25) is 0 Å². The van der Waals surface area contributed by atoms with E-state index >= 15 is 0 Å². The first-order valence-corrected chi connectivity index (χ1v) is 9.75. The van der Waals surface area contributed by atoms with Gasteiger partial charge < -0.3 is 25.5 Å². The minimum atomic E-state index is -0.940. The van der Waals surface area contributed by atoms with Crippen LogP contribution in [-0.2, 0) is 12.8 Å². The van der Waals surface area contributed by atoms with Crippen LogP contribution < -0.4 is 5.73 Å². The van der Waals surface area contributed by atoms with E-state index in [0.29, 0.717) is 25.2 Å². The van der Waals surface area contributed by atoms with E-state index in [1.165, 1.54) is 0 Å². The topological polar surface area (TPSA) is 113 Å². The van der Waals surface area contributed by atoms with Crippen molar-refractivity contribution in [3.63, 3.8) is 0 Å². The fraction of sp³-hybridized carbons (Fsp3) is 0.348. The second-order valence-corrected chi connectivity index (χ2v) is 7.63. The van der Waals surface area contributed by atoms with Crippen LogP contribution in [0.1, 0.15) is 24.8 Å². The smallest absolute Gasteiger partial charge is 0.197 e. The van der Waals surface area contributed by atoms with E-state index < -0.39 is 11.6 Å². The van der Waals surface area contributed by atoms with Gasteiger partial charge in [-0.05, 0) is 36.5 Å². The SMILES string of the molecule is CC(O)Cc1nc(-c2ccc(-c3ccc(CCC(N)(CO)CO)cc3)cc2)co1.Cl. The van der Waals surface area contributed by atoms with Crippen molar-refractivity contribution in [3.8, 4) is 22.4 Å². The molecule has 0 aliphatic carbocycles. The largest absolute Gasteiger partial charge is 0.448 e. The van der Waals surface area contributed by atoms with Gasteiger partial charge in [0, 0.05) is 12.0 Å². The molecule has 0 aliphatic heterocycles. The van der Waals surface area contributed by atoms with E-state index in [9.17, 15) is 15.3 Å². The number of halogens is 1. The molecule has 3 rings (SSSR count). The van der Waals surface area contributed by atoms with Crippen LogP contribution in [-0.4, -0.2) is 45.2 Å². The van der Waals surface area contributed by atoms with Crippen molar-refractivity contribution in [1.29, 1.82) is 0 Å². The lowest BCUT2D eigenvalue weighted by molar-refractivity contribution is 0.115. The highest BCUT2D eigenvalue weighted by atomic mass is 35.5. The zero-order valence-corrected chi connectivity index (χ0v) is 17.8. The van der Waals surface area contributed by atoms with Crippen LogP contribution in [0.5, 0.6) is 0 Å². The first-order valence-electron chi connectivity index (χ1n) is 9.75. The Morgan fingerprint density at radius 3 is 2.03 bits per heavy atom. The maximum atomic E-state index is 9.44. The van der Waals surface area contributed by atoms with Gasteiger partial charge in [0.2, 0.25) is 0 Å². The average molecular weight is 433 g/mol. The quantitative estimate of drug-likeness (QED) is 0.413. The first kappa shape index (κ1) is 24.1. The van der Waals surface area contributed by atoms with Crippen LogP contribution >= 0.6 is 12.4 Å². The Hall–Kier alpha value is -2.22. The van der Waals surface area contributed by atoms with Gasteiger partial charge in [0.1, 0.15) is 12.0 Å². The first-order chi connectivity index (χ1) is 13.9. The van der Waals surface area contributed by atoms with Crippen LogP contribution in [0.3, 0.4) is 0 Å². The molecule has 2 aromatic carbocycles. The zero-order valence-electron chi connectivity index (χ0n) is 17.0. The molecule has 0 amide bonds. The molecule has 5 N–H and O–H groups in total. The Morgan fingerprint density at radius 2 is 1.50 bits per heavy atom. The van der Waals surface area contributed by atoms with Crippen molar-refractivity contribution in [2.75, 3.05) is 13.2 Å². The standard InChI is InChI=1S/C23H28N2O4.ClH/c1-16(28)12-22-25-21(13-29-22)20-8-6-19(7-9-20)18-4-2-17(3-5-18)10-11-23(24,14-26)15-27;/h2-9,13,16,26-28H,10-12,14-15,24H2,1H3;1H. The van der Waals surface area contributed by atoms with E-state index in [1.807, 2.05) is 36.4 Å². The number of oxazole rings is 1. The zero-order chi connectivity index (χ0) is 20.9. The summed E-state index contributed by atoms with van der Waals surface area (Å²) in [6.45, 7) is 1.23. The summed E-state index contributed by atoms with van der Waals surface area (Å²) in [6.07, 6.45) is 2.73. The van der Waals surface area contributed by atoms with Crippen molar-refractivity contribution in [2.24, 2.45) is 5.73 Å². The number of nitrogens with two attached hydrogens (primary N) is 1. The van der Waals surface area contributed by atoms with Crippen molar-refractivity contribution >= 4 is 12.4 Å². The van der Waals surface area contributed by atoms with Gasteiger partial charge in [0.05, 0.1) is 24.9 Å². The number of hydrogen-bond donors (Lipinski definition) is 4. The molecule has 0 fully saturated rings. The summed E-state index contributed by atoms with van der Waals surface area (Å²) in [7, 11) is 0. The number of nitrogens with zero attached hydrogens (tertiary/aromatic N) is 1. The average Bonchev–Trinajstić information content (AvgIpc) is 3.20. The number of aryl methyl sites for hydroxylation is 1. The Labute approximate surface area is 182 Å². The number of hydrogen-bond acceptors (Lipinski definition) is 6. The van der Waals surface area contributed by atoms with Gasteiger partial charge >= 0.3 is 0 Å². The Morgan fingerprint density at radius 1 is 0.967 bits per heavy atom. The molecule has 1 atom stereocenters. The molecule has 0 spiro atoms. The molecule has 6 nitrogen and oxygen atoms in total. The summed E-state index contributed by atoms with van der Waals surface area (Å²) in [4.78, 5) is 4.42. The van der Waals surface area contributed by atoms with Crippen molar-refractivity contribution in [2.45, 2.75) is 37.8 Å². The summed E-state index contributed by atoms with van der Waals surface area (Å²) < 4.78 is 5.41. The minimum Gasteiger partial charge on any atom is -0.448 e. The maximum absolute atomic E-state index is 9.44. The lowest BCUT2D eigenvalue weighted by Crippen LogP contribution is -2.47. The highest BCUT2D eigenvalue weighted by molar-refractivity contribution is 5.85.